The first-order valence-corrected chi connectivity index (χ1v) is 9.65. The van der Waals surface area contributed by atoms with Crippen LogP contribution in [0.25, 0.3) is 10.9 Å². The molecule has 1 fully saturated rings. The van der Waals surface area contributed by atoms with Crippen molar-refractivity contribution in [2.24, 2.45) is 0 Å². The predicted molar refractivity (Wildman–Crippen MR) is 111 cm³/mol. The molecule has 1 saturated heterocycles. The van der Waals surface area contributed by atoms with Crippen LogP contribution in [0.15, 0.2) is 48.9 Å². The largest absolute Gasteiger partial charge is 0.350 e. The van der Waals surface area contributed by atoms with E-state index in [-0.39, 0.29) is 17.9 Å². The van der Waals surface area contributed by atoms with E-state index >= 15 is 0 Å². The fraction of sp³-hybridized carbons (Fsp3) is 0.286. The third-order valence-corrected chi connectivity index (χ3v) is 4.93. The van der Waals surface area contributed by atoms with E-state index in [0.29, 0.717) is 36.7 Å². The summed E-state index contributed by atoms with van der Waals surface area (Å²) in [5, 5.41) is 7.03. The molecule has 0 radical (unpaired) electrons. The number of benzene rings is 1. The van der Waals surface area contributed by atoms with E-state index in [1.807, 2.05) is 11.0 Å². The summed E-state index contributed by atoms with van der Waals surface area (Å²) < 4.78 is 0. The quantitative estimate of drug-likeness (QED) is 0.695. The molecule has 0 bridgehead atoms. The monoisotopic (exact) mass is 390 g/mol. The molecule has 3 heterocycles. The molecule has 4 rings (SSSR count). The van der Waals surface area contributed by atoms with Crippen molar-refractivity contribution in [1.82, 2.24) is 19.9 Å². The lowest BCUT2D eigenvalue weighted by Gasteiger charge is -2.17. The molecule has 0 aliphatic carbocycles. The van der Waals surface area contributed by atoms with Crippen LogP contribution in [0.2, 0.25) is 0 Å². The first kappa shape index (κ1) is 18.8. The zero-order chi connectivity index (χ0) is 20.2. The van der Waals surface area contributed by atoms with Gasteiger partial charge in [0.1, 0.15) is 0 Å². The minimum absolute atomic E-state index is 0.0219. The van der Waals surface area contributed by atoms with E-state index in [0.717, 1.165) is 17.3 Å². The lowest BCUT2D eigenvalue weighted by molar-refractivity contribution is -0.115. The first-order valence-electron chi connectivity index (χ1n) is 9.65. The average molecular weight is 390 g/mol. The van der Waals surface area contributed by atoms with Crippen LogP contribution < -0.4 is 10.6 Å². The maximum absolute atomic E-state index is 12.8. The molecule has 0 saturated carbocycles. The lowest BCUT2D eigenvalue weighted by Crippen LogP contribution is -2.31. The molecule has 2 amide bonds. The van der Waals surface area contributed by atoms with E-state index in [1.165, 1.54) is 0 Å². The van der Waals surface area contributed by atoms with Gasteiger partial charge in [-0.25, -0.2) is 9.97 Å². The minimum atomic E-state index is -0.0516. The lowest BCUT2D eigenvalue weighted by atomic mass is 10.2. The second-order valence-electron chi connectivity index (χ2n) is 6.99. The highest BCUT2D eigenvalue weighted by Gasteiger charge is 2.27. The molecule has 3 aromatic rings. The molecule has 148 valence electrons. The van der Waals surface area contributed by atoms with Crippen LogP contribution in [0, 0.1) is 0 Å². The number of carbonyl (C=O) groups is 2. The smallest absolute Gasteiger partial charge is 0.253 e. The molecule has 8 nitrogen and oxygen atoms in total. The molecule has 1 atom stereocenters. The zero-order valence-corrected chi connectivity index (χ0v) is 16.1. The van der Waals surface area contributed by atoms with E-state index in [1.54, 1.807) is 49.8 Å². The van der Waals surface area contributed by atoms with Crippen molar-refractivity contribution in [3.05, 3.63) is 54.5 Å². The van der Waals surface area contributed by atoms with Crippen molar-refractivity contribution < 1.29 is 9.59 Å². The van der Waals surface area contributed by atoms with Crippen LogP contribution in [0.3, 0.4) is 0 Å². The summed E-state index contributed by atoms with van der Waals surface area (Å²) >= 11 is 0. The standard InChI is InChI=1S/C21H22N6O2/c1-2-19(28)24-16-5-3-14(4-6-16)20(29)27-10-8-17(13-27)25-21-23-11-15-7-9-22-12-18(15)26-21/h3-7,9,11-12,17H,2,8,10,13H2,1H3,(H,24,28)(H,23,25,26). The fourth-order valence-electron chi connectivity index (χ4n) is 3.32. The van der Waals surface area contributed by atoms with Crippen molar-refractivity contribution in [1.29, 1.82) is 0 Å². The Balaban J connectivity index is 1.37. The van der Waals surface area contributed by atoms with Gasteiger partial charge >= 0.3 is 0 Å². The van der Waals surface area contributed by atoms with Crippen molar-refractivity contribution in [2.45, 2.75) is 25.8 Å². The molecule has 1 aliphatic rings. The average Bonchev–Trinajstić information content (AvgIpc) is 3.22. The van der Waals surface area contributed by atoms with Gasteiger partial charge in [-0.15, -0.1) is 0 Å². The Labute approximate surface area is 168 Å². The molecule has 8 heteroatoms. The number of nitrogens with one attached hydrogen (secondary N) is 2. The van der Waals surface area contributed by atoms with Gasteiger partial charge in [-0.05, 0) is 36.8 Å². The Morgan fingerprint density at radius 1 is 1.17 bits per heavy atom. The van der Waals surface area contributed by atoms with Gasteiger partial charge in [0, 0.05) is 54.6 Å². The second-order valence-corrected chi connectivity index (χ2v) is 6.99. The molecule has 29 heavy (non-hydrogen) atoms. The highest BCUT2D eigenvalue weighted by molar-refractivity contribution is 5.96. The maximum atomic E-state index is 12.8. The predicted octanol–water partition coefficient (Wildman–Crippen LogP) is 2.70. The molecule has 1 aliphatic heterocycles. The number of fused-ring (bicyclic) bond motifs is 1. The van der Waals surface area contributed by atoms with Crippen molar-refractivity contribution in [3.8, 4) is 0 Å². The normalized spacial score (nSPS) is 16.0. The zero-order valence-electron chi connectivity index (χ0n) is 16.1. The maximum Gasteiger partial charge on any atom is 0.253 e. The summed E-state index contributed by atoms with van der Waals surface area (Å²) in [6.07, 6.45) is 6.43. The number of aromatic nitrogens is 3. The Morgan fingerprint density at radius 2 is 2.00 bits per heavy atom. The van der Waals surface area contributed by atoms with Gasteiger partial charge in [-0.1, -0.05) is 6.92 Å². The summed E-state index contributed by atoms with van der Waals surface area (Å²) in [6, 6.07) is 8.96. The van der Waals surface area contributed by atoms with E-state index in [9.17, 15) is 9.59 Å². The van der Waals surface area contributed by atoms with Crippen LogP contribution in [0.4, 0.5) is 11.6 Å². The van der Waals surface area contributed by atoms with Gasteiger partial charge in [0.25, 0.3) is 5.91 Å². The topological polar surface area (TPSA) is 100 Å². The van der Waals surface area contributed by atoms with Crippen LogP contribution in [0.1, 0.15) is 30.1 Å². The molecular formula is C21H22N6O2. The number of hydrogen-bond donors (Lipinski definition) is 2. The molecule has 1 unspecified atom stereocenters. The van der Waals surface area contributed by atoms with Crippen LogP contribution in [-0.2, 0) is 4.79 Å². The number of nitrogens with zero attached hydrogens (tertiary/aromatic N) is 4. The van der Waals surface area contributed by atoms with Gasteiger partial charge in [0.15, 0.2) is 0 Å². The van der Waals surface area contributed by atoms with Gasteiger partial charge in [-0.2, -0.15) is 0 Å². The number of likely N-dealkylation sites (tertiary alicyclic amines) is 1. The summed E-state index contributed by atoms with van der Waals surface area (Å²) in [6.45, 7) is 3.05. The third kappa shape index (κ3) is 4.31. The van der Waals surface area contributed by atoms with Crippen molar-refractivity contribution >= 4 is 34.4 Å². The van der Waals surface area contributed by atoms with Gasteiger partial charge in [0.05, 0.1) is 11.7 Å². The first-order chi connectivity index (χ1) is 14.1. The third-order valence-electron chi connectivity index (χ3n) is 4.93. The molecule has 1 aromatic carbocycles. The van der Waals surface area contributed by atoms with Crippen LogP contribution >= 0.6 is 0 Å². The minimum Gasteiger partial charge on any atom is -0.350 e. The summed E-state index contributed by atoms with van der Waals surface area (Å²) in [5.74, 6) is 0.469. The molecule has 2 N–H and O–H groups in total. The molecular weight excluding hydrogens is 368 g/mol. The SMILES string of the molecule is CCC(=O)Nc1ccc(C(=O)N2CCC(Nc3ncc4ccncc4n3)C2)cc1. The Bertz CT molecular complexity index is 1040. The van der Waals surface area contributed by atoms with E-state index < -0.39 is 0 Å². The Hall–Kier alpha value is -3.55. The fourth-order valence-corrected chi connectivity index (χ4v) is 3.32. The Morgan fingerprint density at radius 3 is 2.79 bits per heavy atom. The highest BCUT2D eigenvalue weighted by atomic mass is 16.2. The molecule has 2 aromatic heterocycles. The number of pyridine rings is 1. The molecule has 0 spiro atoms. The Kier molecular flexibility index (Phi) is 5.33. The number of rotatable bonds is 5. The number of amides is 2. The van der Waals surface area contributed by atoms with E-state index in [4.69, 9.17) is 0 Å². The van der Waals surface area contributed by atoms with Crippen LogP contribution in [0.5, 0.6) is 0 Å². The van der Waals surface area contributed by atoms with Gasteiger partial charge in [-0.3, -0.25) is 14.6 Å². The summed E-state index contributed by atoms with van der Waals surface area (Å²) in [5.41, 5.74) is 2.08. The number of hydrogen-bond acceptors (Lipinski definition) is 6. The summed E-state index contributed by atoms with van der Waals surface area (Å²) in [4.78, 5) is 39.0. The van der Waals surface area contributed by atoms with Crippen molar-refractivity contribution in [2.75, 3.05) is 23.7 Å². The van der Waals surface area contributed by atoms with Crippen LogP contribution in [-0.4, -0.2) is 50.8 Å². The van der Waals surface area contributed by atoms with Gasteiger partial charge < -0.3 is 15.5 Å². The van der Waals surface area contributed by atoms with Gasteiger partial charge in [0.2, 0.25) is 11.9 Å². The number of carbonyl (C=O) groups excluding carboxylic acids is 2. The number of anilines is 2. The second kappa shape index (κ2) is 8.22. The summed E-state index contributed by atoms with van der Waals surface area (Å²) in [7, 11) is 0. The van der Waals surface area contributed by atoms with Crippen molar-refractivity contribution in [3.63, 3.8) is 0 Å². The highest BCUT2D eigenvalue weighted by Crippen LogP contribution is 2.19. The van der Waals surface area contributed by atoms with E-state index in [2.05, 4.69) is 25.6 Å².